The Balaban J connectivity index is 2.22. The predicted octanol–water partition coefficient (Wildman–Crippen LogP) is 1.84. The van der Waals surface area contributed by atoms with E-state index in [2.05, 4.69) is 24.1 Å². The van der Waals surface area contributed by atoms with Gasteiger partial charge >= 0.3 is 0 Å². The molecule has 0 bridgehead atoms. The number of hydrogen-bond donors (Lipinski definition) is 1. The van der Waals surface area contributed by atoms with E-state index in [1.165, 1.54) is 11.3 Å². The van der Waals surface area contributed by atoms with E-state index < -0.39 is 6.04 Å². The van der Waals surface area contributed by atoms with Crippen molar-refractivity contribution in [2.24, 2.45) is 11.1 Å². The summed E-state index contributed by atoms with van der Waals surface area (Å²) in [6, 6.07) is 7.78. The molecule has 1 amide bonds. The molecule has 1 atom stereocenters. The number of carbonyl (C=O) groups is 1. The van der Waals surface area contributed by atoms with Crippen molar-refractivity contribution in [2.45, 2.75) is 33.4 Å². The van der Waals surface area contributed by atoms with Crippen molar-refractivity contribution in [3.63, 3.8) is 0 Å². The van der Waals surface area contributed by atoms with E-state index in [1.54, 1.807) is 0 Å². The van der Waals surface area contributed by atoms with Crippen LogP contribution in [0.15, 0.2) is 24.3 Å². The topological polar surface area (TPSA) is 49.6 Å². The molecule has 1 aliphatic rings. The molecule has 0 saturated carbocycles. The van der Waals surface area contributed by atoms with E-state index in [0.29, 0.717) is 13.1 Å². The van der Waals surface area contributed by atoms with Crippen LogP contribution in [0.1, 0.15) is 26.3 Å². The van der Waals surface area contributed by atoms with Gasteiger partial charge in [0.15, 0.2) is 0 Å². The van der Waals surface area contributed by atoms with Crippen LogP contribution < -0.4 is 10.6 Å². The molecule has 1 aromatic carbocycles. The first kappa shape index (κ1) is 14.9. The molecule has 1 aromatic rings. The average Bonchev–Trinajstić information content (AvgIpc) is 2.56. The summed E-state index contributed by atoms with van der Waals surface area (Å²) in [6.07, 6.45) is 0. The van der Waals surface area contributed by atoms with Gasteiger partial charge in [0, 0.05) is 32.4 Å². The predicted molar refractivity (Wildman–Crippen MR) is 82.6 cm³/mol. The molecule has 0 unspecified atom stereocenters. The molecule has 0 spiro atoms. The van der Waals surface area contributed by atoms with Crippen LogP contribution in [-0.2, 0) is 11.3 Å². The Morgan fingerprint density at radius 1 is 1.25 bits per heavy atom. The third-order valence-electron chi connectivity index (χ3n) is 3.98. The number of amides is 1. The van der Waals surface area contributed by atoms with Crippen molar-refractivity contribution < 1.29 is 4.79 Å². The number of anilines is 1. The van der Waals surface area contributed by atoms with Crippen molar-refractivity contribution in [3.8, 4) is 0 Å². The minimum atomic E-state index is -0.460. The van der Waals surface area contributed by atoms with Gasteiger partial charge in [-0.3, -0.25) is 4.79 Å². The Labute approximate surface area is 121 Å². The number of likely N-dealkylation sites (N-methyl/N-ethyl adjacent to an activating group) is 1. The summed E-state index contributed by atoms with van der Waals surface area (Å²) in [4.78, 5) is 16.7. The maximum absolute atomic E-state index is 12.6. The number of para-hydroxylation sites is 1. The van der Waals surface area contributed by atoms with Gasteiger partial charge in [0.1, 0.15) is 0 Å². The van der Waals surface area contributed by atoms with Gasteiger partial charge in [0.05, 0.1) is 6.04 Å². The highest BCUT2D eigenvalue weighted by Gasteiger charge is 2.32. The van der Waals surface area contributed by atoms with Gasteiger partial charge in [0.2, 0.25) is 5.91 Å². The largest absolute Gasteiger partial charge is 0.373 e. The Morgan fingerprint density at radius 2 is 1.90 bits per heavy atom. The van der Waals surface area contributed by atoms with E-state index in [9.17, 15) is 4.79 Å². The smallest absolute Gasteiger partial charge is 0.240 e. The van der Waals surface area contributed by atoms with Gasteiger partial charge < -0.3 is 15.5 Å². The molecule has 110 valence electrons. The molecule has 2 rings (SSSR count). The second-order valence-electron chi connectivity index (χ2n) is 6.65. The van der Waals surface area contributed by atoms with Gasteiger partial charge in [-0.05, 0) is 17.0 Å². The van der Waals surface area contributed by atoms with Crippen LogP contribution in [0, 0.1) is 5.41 Å². The highest BCUT2D eigenvalue weighted by atomic mass is 16.2. The average molecular weight is 275 g/mol. The molecular formula is C16H25N3O. The standard InChI is InChI=1S/C16H25N3O/c1-16(2,3)14(17)15(20)19-10-9-18(4)13-8-6-5-7-12(13)11-19/h5-8,14H,9-11,17H2,1-4H3/t14-/m1/s1. The zero-order valence-corrected chi connectivity index (χ0v) is 12.9. The summed E-state index contributed by atoms with van der Waals surface area (Å²) in [5.74, 6) is 0.0441. The molecule has 20 heavy (non-hydrogen) atoms. The number of hydrogen-bond acceptors (Lipinski definition) is 3. The van der Waals surface area contributed by atoms with Crippen molar-refractivity contribution in [1.82, 2.24) is 4.90 Å². The van der Waals surface area contributed by atoms with E-state index in [4.69, 9.17) is 5.73 Å². The van der Waals surface area contributed by atoms with Crippen molar-refractivity contribution in [2.75, 3.05) is 25.0 Å². The van der Waals surface area contributed by atoms with Crippen LogP contribution in [0.2, 0.25) is 0 Å². The normalized spacial score (nSPS) is 17.4. The highest BCUT2D eigenvalue weighted by Crippen LogP contribution is 2.25. The third kappa shape index (κ3) is 2.96. The van der Waals surface area contributed by atoms with Gasteiger partial charge in [-0.15, -0.1) is 0 Å². The lowest BCUT2D eigenvalue weighted by Gasteiger charge is -2.31. The fourth-order valence-electron chi connectivity index (χ4n) is 2.45. The minimum absolute atomic E-state index is 0.0441. The third-order valence-corrected chi connectivity index (χ3v) is 3.98. The zero-order chi connectivity index (χ0) is 14.9. The van der Waals surface area contributed by atoms with Crippen LogP contribution in [0.25, 0.3) is 0 Å². The summed E-state index contributed by atoms with van der Waals surface area (Å²) < 4.78 is 0. The van der Waals surface area contributed by atoms with Crippen LogP contribution in [0.5, 0.6) is 0 Å². The maximum Gasteiger partial charge on any atom is 0.240 e. The Morgan fingerprint density at radius 3 is 2.55 bits per heavy atom. The monoisotopic (exact) mass is 275 g/mol. The SMILES string of the molecule is CN1CCN(C(=O)[C@@H](N)C(C)(C)C)Cc2ccccc21. The van der Waals surface area contributed by atoms with Gasteiger partial charge in [-0.25, -0.2) is 0 Å². The molecule has 2 N–H and O–H groups in total. The molecular weight excluding hydrogens is 250 g/mol. The second kappa shape index (κ2) is 5.44. The lowest BCUT2D eigenvalue weighted by molar-refractivity contribution is -0.135. The fraction of sp³-hybridized carbons (Fsp3) is 0.562. The molecule has 4 nitrogen and oxygen atoms in total. The summed E-state index contributed by atoms with van der Waals surface area (Å²) in [6.45, 7) is 8.21. The van der Waals surface area contributed by atoms with E-state index in [-0.39, 0.29) is 11.3 Å². The lowest BCUT2D eigenvalue weighted by Crippen LogP contribution is -2.50. The first-order valence-electron chi connectivity index (χ1n) is 7.14. The van der Waals surface area contributed by atoms with Gasteiger partial charge in [-0.2, -0.15) is 0 Å². The number of nitrogens with two attached hydrogens (primary N) is 1. The van der Waals surface area contributed by atoms with Crippen LogP contribution >= 0.6 is 0 Å². The second-order valence-corrected chi connectivity index (χ2v) is 6.65. The van der Waals surface area contributed by atoms with Crippen LogP contribution in [-0.4, -0.2) is 37.0 Å². The summed E-state index contributed by atoms with van der Waals surface area (Å²) in [5, 5.41) is 0. The van der Waals surface area contributed by atoms with Crippen molar-refractivity contribution in [1.29, 1.82) is 0 Å². The summed E-state index contributed by atoms with van der Waals surface area (Å²) in [5.41, 5.74) is 8.30. The maximum atomic E-state index is 12.6. The summed E-state index contributed by atoms with van der Waals surface area (Å²) in [7, 11) is 2.07. The number of rotatable bonds is 1. The molecule has 1 aliphatic heterocycles. The van der Waals surface area contributed by atoms with Crippen molar-refractivity contribution in [3.05, 3.63) is 29.8 Å². The van der Waals surface area contributed by atoms with Crippen LogP contribution in [0.3, 0.4) is 0 Å². The van der Waals surface area contributed by atoms with Gasteiger partial charge in [0.25, 0.3) is 0 Å². The Hall–Kier alpha value is -1.55. The fourth-order valence-corrected chi connectivity index (χ4v) is 2.45. The molecule has 0 aliphatic carbocycles. The first-order valence-corrected chi connectivity index (χ1v) is 7.14. The molecule has 0 fully saturated rings. The molecule has 0 aromatic heterocycles. The van der Waals surface area contributed by atoms with E-state index >= 15 is 0 Å². The minimum Gasteiger partial charge on any atom is -0.373 e. The zero-order valence-electron chi connectivity index (χ0n) is 12.9. The number of fused-ring (bicyclic) bond motifs is 1. The number of carbonyl (C=O) groups excluding carboxylic acids is 1. The Bertz CT molecular complexity index is 493. The van der Waals surface area contributed by atoms with E-state index in [0.717, 1.165) is 6.54 Å². The summed E-state index contributed by atoms with van der Waals surface area (Å²) >= 11 is 0. The Kier molecular flexibility index (Phi) is 4.04. The lowest BCUT2D eigenvalue weighted by atomic mass is 9.86. The molecule has 4 heteroatoms. The van der Waals surface area contributed by atoms with Crippen LogP contribution in [0.4, 0.5) is 5.69 Å². The highest BCUT2D eigenvalue weighted by molar-refractivity contribution is 5.83. The molecule has 0 radical (unpaired) electrons. The molecule has 1 heterocycles. The van der Waals surface area contributed by atoms with E-state index in [1.807, 2.05) is 37.8 Å². The number of nitrogens with zero attached hydrogens (tertiary/aromatic N) is 2. The quantitative estimate of drug-likeness (QED) is 0.851. The first-order chi connectivity index (χ1) is 9.30. The van der Waals surface area contributed by atoms with Crippen molar-refractivity contribution >= 4 is 11.6 Å². The number of benzene rings is 1. The van der Waals surface area contributed by atoms with Gasteiger partial charge in [-0.1, -0.05) is 39.0 Å². The molecule has 0 saturated heterocycles.